The number of nitrogens with two attached hydrogens (primary N) is 1. The number of piperidine rings is 1. The van der Waals surface area contributed by atoms with Crippen LogP contribution in [-0.4, -0.2) is 29.1 Å². The van der Waals surface area contributed by atoms with Gasteiger partial charge in [-0.15, -0.1) is 0 Å². The van der Waals surface area contributed by atoms with Crippen LogP contribution in [-0.2, 0) is 0 Å². The fourth-order valence-electron chi connectivity index (χ4n) is 2.21. The number of hydrogen-bond acceptors (Lipinski definition) is 4. The third-order valence-electron chi connectivity index (χ3n) is 2.99. The summed E-state index contributed by atoms with van der Waals surface area (Å²) in [6.07, 6.45) is 8.53. The molecule has 0 saturated carbocycles. The molecule has 1 aliphatic rings. The van der Waals surface area contributed by atoms with Gasteiger partial charge in [-0.25, -0.2) is 9.97 Å². The van der Waals surface area contributed by atoms with Crippen LogP contribution in [0.15, 0.2) is 12.4 Å². The normalized spacial score (nSPS) is 21.1. The Morgan fingerprint density at radius 3 is 2.81 bits per heavy atom. The molecule has 0 radical (unpaired) electrons. The average molecular weight is 332 g/mol. The Bertz CT molecular complexity index is 325. The molecule has 16 heavy (non-hydrogen) atoms. The summed E-state index contributed by atoms with van der Waals surface area (Å²) < 4.78 is 1.08. The molecular weight excluding hydrogens is 315 g/mol. The topological polar surface area (TPSA) is 55.0 Å². The van der Waals surface area contributed by atoms with E-state index in [0.29, 0.717) is 6.04 Å². The molecule has 1 atom stereocenters. The molecule has 1 unspecified atom stereocenters. The predicted octanol–water partition coefficient (Wildman–Crippen LogP) is 1.79. The Hall–Kier alpha value is -0.430. The lowest BCUT2D eigenvalue weighted by Gasteiger charge is -2.35. The van der Waals surface area contributed by atoms with Crippen LogP contribution in [0, 0.1) is 3.57 Å². The molecule has 5 heteroatoms. The van der Waals surface area contributed by atoms with E-state index in [1.807, 2.05) is 12.4 Å². The third-order valence-corrected chi connectivity index (χ3v) is 3.55. The van der Waals surface area contributed by atoms with Crippen molar-refractivity contribution in [2.24, 2.45) is 5.73 Å². The smallest absolute Gasteiger partial charge is 0.225 e. The average Bonchev–Trinajstić information content (AvgIpc) is 2.32. The molecule has 1 aromatic heterocycles. The molecule has 2 N–H and O–H groups in total. The van der Waals surface area contributed by atoms with E-state index >= 15 is 0 Å². The molecule has 2 heterocycles. The summed E-state index contributed by atoms with van der Waals surface area (Å²) in [5.41, 5.74) is 5.66. The number of hydrogen-bond donors (Lipinski definition) is 1. The van der Waals surface area contributed by atoms with Crippen molar-refractivity contribution in [2.45, 2.75) is 31.7 Å². The van der Waals surface area contributed by atoms with Crippen LogP contribution in [0.1, 0.15) is 25.7 Å². The summed E-state index contributed by atoms with van der Waals surface area (Å²) in [5, 5.41) is 0. The van der Waals surface area contributed by atoms with Gasteiger partial charge < -0.3 is 10.6 Å². The molecule has 0 spiro atoms. The van der Waals surface area contributed by atoms with Crippen LogP contribution in [0.2, 0.25) is 0 Å². The van der Waals surface area contributed by atoms with Crippen molar-refractivity contribution >= 4 is 28.5 Å². The second-order valence-corrected chi connectivity index (χ2v) is 5.37. The van der Waals surface area contributed by atoms with Crippen LogP contribution in [0.5, 0.6) is 0 Å². The first-order valence-electron chi connectivity index (χ1n) is 5.75. The lowest BCUT2D eigenvalue weighted by atomic mass is 10.00. The van der Waals surface area contributed by atoms with Gasteiger partial charge in [0, 0.05) is 28.6 Å². The van der Waals surface area contributed by atoms with Crippen molar-refractivity contribution in [1.29, 1.82) is 0 Å². The van der Waals surface area contributed by atoms with E-state index in [1.54, 1.807) is 0 Å². The maximum absolute atomic E-state index is 5.66. The Morgan fingerprint density at radius 2 is 2.12 bits per heavy atom. The van der Waals surface area contributed by atoms with E-state index in [9.17, 15) is 0 Å². The maximum atomic E-state index is 5.66. The number of halogens is 1. The Kier molecular flexibility index (Phi) is 4.34. The van der Waals surface area contributed by atoms with Gasteiger partial charge >= 0.3 is 0 Å². The van der Waals surface area contributed by atoms with Crippen molar-refractivity contribution < 1.29 is 0 Å². The zero-order valence-electron chi connectivity index (χ0n) is 9.27. The number of nitrogens with zero attached hydrogens (tertiary/aromatic N) is 3. The summed E-state index contributed by atoms with van der Waals surface area (Å²) in [6, 6.07) is 0.527. The molecule has 0 aliphatic carbocycles. The van der Waals surface area contributed by atoms with Gasteiger partial charge in [-0.1, -0.05) is 0 Å². The van der Waals surface area contributed by atoms with E-state index in [1.165, 1.54) is 19.3 Å². The van der Waals surface area contributed by atoms with Gasteiger partial charge in [0.1, 0.15) is 0 Å². The Balaban J connectivity index is 2.13. The van der Waals surface area contributed by atoms with Crippen molar-refractivity contribution in [3.05, 3.63) is 16.0 Å². The zero-order chi connectivity index (χ0) is 11.4. The molecule has 4 nitrogen and oxygen atoms in total. The molecule has 0 bridgehead atoms. The highest BCUT2D eigenvalue weighted by Gasteiger charge is 2.23. The van der Waals surface area contributed by atoms with Crippen LogP contribution >= 0.6 is 22.6 Å². The van der Waals surface area contributed by atoms with Gasteiger partial charge in [0.2, 0.25) is 5.95 Å². The van der Waals surface area contributed by atoms with Crippen molar-refractivity contribution in [2.75, 3.05) is 18.0 Å². The molecule has 0 amide bonds. The third kappa shape index (κ3) is 2.82. The second kappa shape index (κ2) is 5.77. The predicted molar refractivity (Wildman–Crippen MR) is 73.4 cm³/mol. The van der Waals surface area contributed by atoms with Crippen LogP contribution in [0.3, 0.4) is 0 Å². The Morgan fingerprint density at radius 1 is 1.38 bits per heavy atom. The first-order chi connectivity index (χ1) is 7.81. The van der Waals surface area contributed by atoms with Crippen molar-refractivity contribution in [3.8, 4) is 0 Å². The SMILES string of the molecule is NCCC1CCCCN1c1ncc(I)cn1. The first kappa shape index (κ1) is 12.0. The quantitative estimate of drug-likeness (QED) is 0.858. The lowest BCUT2D eigenvalue weighted by molar-refractivity contribution is 0.435. The van der Waals surface area contributed by atoms with Crippen molar-refractivity contribution in [3.63, 3.8) is 0 Å². The molecule has 1 fully saturated rings. The first-order valence-corrected chi connectivity index (χ1v) is 6.83. The number of anilines is 1. The second-order valence-electron chi connectivity index (χ2n) is 4.12. The summed E-state index contributed by atoms with van der Waals surface area (Å²) in [5.74, 6) is 0.860. The summed E-state index contributed by atoms with van der Waals surface area (Å²) in [6.45, 7) is 1.80. The van der Waals surface area contributed by atoms with E-state index in [0.717, 1.165) is 29.0 Å². The molecular formula is C11H17IN4. The summed E-state index contributed by atoms with van der Waals surface area (Å²) in [7, 11) is 0. The van der Waals surface area contributed by atoms with E-state index < -0.39 is 0 Å². The maximum Gasteiger partial charge on any atom is 0.225 e. The van der Waals surface area contributed by atoms with Crippen molar-refractivity contribution in [1.82, 2.24) is 9.97 Å². The highest BCUT2D eigenvalue weighted by Crippen LogP contribution is 2.23. The molecule has 1 aliphatic heterocycles. The monoisotopic (exact) mass is 332 g/mol. The van der Waals surface area contributed by atoms with Crippen LogP contribution in [0.4, 0.5) is 5.95 Å². The fourth-order valence-corrected chi connectivity index (χ4v) is 2.49. The van der Waals surface area contributed by atoms with E-state index in [-0.39, 0.29) is 0 Å². The fraction of sp³-hybridized carbons (Fsp3) is 0.636. The molecule has 2 rings (SSSR count). The molecule has 1 saturated heterocycles. The molecule has 0 aromatic carbocycles. The zero-order valence-corrected chi connectivity index (χ0v) is 11.4. The van der Waals surface area contributed by atoms with Gasteiger partial charge in [-0.2, -0.15) is 0 Å². The highest BCUT2D eigenvalue weighted by atomic mass is 127. The minimum atomic E-state index is 0.527. The van der Waals surface area contributed by atoms with Gasteiger partial charge in [0.25, 0.3) is 0 Å². The number of rotatable bonds is 3. The van der Waals surface area contributed by atoms with Crippen LogP contribution < -0.4 is 10.6 Å². The van der Waals surface area contributed by atoms with E-state index in [2.05, 4.69) is 37.5 Å². The molecule has 88 valence electrons. The lowest BCUT2D eigenvalue weighted by Crippen LogP contribution is -2.41. The minimum Gasteiger partial charge on any atom is -0.338 e. The Labute approximate surface area is 110 Å². The standard InChI is InChI=1S/C11H17IN4/c12-9-7-14-11(15-8-9)16-6-2-1-3-10(16)4-5-13/h7-8,10H,1-6,13H2. The largest absolute Gasteiger partial charge is 0.338 e. The summed E-state index contributed by atoms with van der Waals surface area (Å²) >= 11 is 2.23. The van der Waals surface area contributed by atoms with Gasteiger partial charge in [-0.05, 0) is 54.8 Å². The van der Waals surface area contributed by atoms with E-state index in [4.69, 9.17) is 5.73 Å². The highest BCUT2D eigenvalue weighted by molar-refractivity contribution is 14.1. The molecule has 1 aromatic rings. The van der Waals surface area contributed by atoms with Gasteiger partial charge in [-0.3, -0.25) is 0 Å². The van der Waals surface area contributed by atoms with Crippen LogP contribution in [0.25, 0.3) is 0 Å². The van der Waals surface area contributed by atoms with Gasteiger partial charge in [0.15, 0.2) is 0 Å². The minimum absolute atomic E-state index is 0.527. The summed E-state index contributed by atoms with van der Waals surface area (Å²) in [4.78, 5) is 11.1. The number of aromatic nitrogens is 2. The van der Waals surface area contributed by atoms with Gasteiger partial charge in [0.05, 0.1) is 0 Å².